The van der Waals surface area contributed by atoms with Crippen molar-refractivity contribution in [3.05, 3.63) is 0 Å². The van der Waals surface area contributed by atoms with Gasteiger partial charge in [-0.15, -0.1) is 0 Å². The Labute approximate surface area is 82.4 Å². The molecular formula is C9H14N2O3. The summed E-state index contributed by atoms with van der Waals surface area (Å²) in [4.78, 5) is 24.1. The van der Waals surface area contributed by atoms with Crippen LogP contribution in [0, 0.1) is 0 Å². The van der Waals surface area contributed by atoms with Crippen molar-refractivity contribution >= 4 is 11.9 Å². The highest BCUT2D eigenvalue weighted by Crippen LogP contribution is 2.20. The molecule has 0 bridgehead atoms. The minimum atomic E-state index is -0.255. The Morgan fingerprint density at radius 3 is 2.86 bits per heavy atom. The highest BCUT2D eigenvalue weighted by atomic mass is 16.5. The van der Waals surface area contributed by atoms with Crippen LogP contribution in [-0.2, 0) is 9.53 Å². The van der Waals surface area contributed by atoms with Crippen LogP contribution in [-0.4, -0.2) is 42.1 Å². The number of carbonyl (C=O) groups is 2. The number of carbonyl (C=O) groups excluding carboxylic acids is 2. The fourth-order valence-corrected chi connectivity index (χ4v) is 2.01. The predicted octanol–water partition coefficient (Wildman–Crippen LogP) is 0.106. The number of hydrogen-bond donors (Lipinski definition) is 1. The van der Waals surface area contributed by atoms with Gasteiger partial charge in [-0.1, -0.05) is 0 Å². The number of rotatable bonds is 1. The maximum Gasteiger partial charge on any atom is 0.324 e. The van der Waals surface area contributed by atoms with E-state index in [1.807, 2.05) is 6.92 Å². The number of nitrogens with zero attached hydrogens (tertiary/aromatic N) is 1. The average Bonchev–Trinajstić information content (AvgIpc) is 2.46. The second-order valence-electron chi connectivity index (χ2n) is 3.78. The van der Waals surface area contributed by atoms with Crippen molar-refractivity contribution in [1.82, 2.24) is 10.2 Å². The van der Waals surface area contributed by atoms with Crippen LogP contribution in [0.3, 0.4) is 0 Å². The first-order valence-corrected chi connectivity index (χ1v) is 4.90. The van der Waals surface area contributed by atoms with E-state index in [0.29, 0.717) is 6.61 Å². The molecule has 2 rings (SSSR count). The monoisotopic (exact) mass is 198 g/mol. The Hall–Kier alpha value is -1.10. The minimum absolute atomic E-state index is 0.0220. The molecule has 1 N–H and O–H groups in total. The van der Waals surface area contributed by atoms with E-state index in [1.54, 1.807) is 0 Å². The van der Waals surface area contributed by atoms with Crippen LogP contribution in [0.25, 0.3) is 0 Å². The molecule has 14 heavy (non-hydrogen) atoms. The second-order valence-corrected chi connectivity index (χ2v) is 3.78. The van der Waals surface area contributed by atoms with Crippen LogP contribution < -0.4 is 5.32 Å². The molecule has 5 nitrogen and oxygen atoms in total. The molecule has 0 radical (unpaired) electrons. The van der Waals surface area contributed by atoms with E-state index in [2.05, 4.69) is 5.32 Å². The minimum Gasteiger partial charge on any atom is -0.378 e. The van der Waals surface area contributed by atoms with E-state index in [-0.39, 0.29) is 30.6 Å². The van der Waals surface area contributed by atoms with Crippen LogP contribution in [0.4, 0.5) is 4.79 Å². The second kappa shape index (κ2) is 3.57. The highest BCUT2D eigenvalue weighted by Gasteiger charge is 2.36. The summed E-state index contributed by atoms with van der Waals surface area (Å²) >= 11 is 0. The summed E-state index contributed by atoms with van der Waals surface area (Å²) in [5.41, 5.74) is 0. The Bertz CT molecular complexity index is 251. The van der Waals surface area contributed by atoms with E-state index in [4.69, 9.17) is 4.74 Å². The molecule has 0 aromatic rings. The van der Waals surface area contributed by atoms with Gasteiger partial charge in [0.25, 0.3) is 0 Å². The van der Waals surface area contributed by atoms with Crippen molar-refractivity contribution in [3.63, 3.8) is 0 Å². The Morgan fingerprint density at radius 1 is 1.50 bits per heavy atom. The fraction of sp³-hybridized carbons (Fsp3) is 0.778. The number of nitrogens with one attached hydrogen (secondary N) is 1. The number of amides is 3. The van der Waals surface area contributed by atoms with Crippen molar-refractivity contribution in [1.29, 1.82) is 0 Å². The zero-order chi connectivity index (χ0) is 10.1. The van der Waals surface area contributed by atoms with Gasteiger partial charge in [0.05, 0.1) is 12.6 Å². The number of imide groups is 1. The van der Waals surface area contributed by atoms with Gasteiger partial charge in [-0.25, -0.2) is 4.79 Å². The maximum atomic E-state index is 11.4. The molecule has 0 aliphatic carbocycles. The Morgan fingerprint density at radius 2 is 2.29 bits per heavy atom. The van der Waals surface area contributed by atoms with E-state index >= 15 is 0 Å². The summed E-state index contributed by atoms with van der Waals surface area (Å²) in [6.07, 6.45) is 1.64. The first kappa shape index (κ1) is 9.45. The van der Waals surface area contributed by atoms with Gasteiger partial charge in [0.2, 0.25) is 5.91 Å². The molecule has 5 heteroatoms. The topological polar surface area (TPSA) is 58.6 Å². The molecule has 0 aromatic heterocycles. The van der Waals surface area contributed by atoms with Gasteiger partial charge in [0.1, 0.15) is 0 Å². The first-order valence-electron chi connectivity index (χ1n) is 4.90. The summed E-state index contributed by atoms with van der Waals surface area (Å²) < 4.78 is 5.37. The van der Waals surface area contributed by atoms with E-state index in [9.17, 15) is 9.59 Å². The van der Waals surface area contributed by atoms with Crippen molar-refractivity contribution in [2.24, 2.45) is 0 Å². The van der Waals surface area contributed by atoms with Crippen molar-refractivity contribution < 1.29 is 14.3 Å². The average molecular weight is 198 g/mol. The molecule has 2 saturated heterocycles. The zero-order valence-corrected chi connectivity index (χ0v) is 8.16. The van der Waals surface area contributed by atoms with Crippen molar-refractivity contribution in [2.45, 2.75) is 31.9 Å². The molecule has 2 fully saturated rings. The molecular weight excluding hydrogens is 184 g/mol. The van der Waals surface area contributed by atoms with E-state index < -0.39 is 0 Å². The fourth-order valence-electron chi connectivity index (χ4n) is 2.01. The van der Waals surface area contributed by atoms with Gasteiger partial charge in [-0.2, -0.15) is 0 Å². The van der Waals surface area contributed by atoms with Crippen LogP contribution in [0.2, 0.25) is 0 Å². The lowest BCUT2D eigenvalue weighted by Crippen LogP contribution is -2.45. The van der Waals surface area contributed by atoms with Gasteiger partial charge in [-0.3, -0.25) is 9.69 Å². The molecule has 2 aliphatic heterocycles. The highest BCUT2D eigenvalue weighted by molar-refractivity contribution is 6.02. The molecule has 2 unspecified atom stereocenters. The lowest BCUT2D eigenvalue weighted by molar-refractivity contribution is -0.128. The van der Waals surface area contributed by atoms with Gasteiger partial charge >= 0.3 is 6.03 Å². The molecule has 2 aliphatic rings. The van der Waals surface area contributed by atoms with E-state index in [0.717, 1.165) is 12.8 Å². The van der Waals surface area contributed by atoms with Gasteiger partial charge in [-0.05, 0) is 19.8 Å². The summed E-state index contributed by atoms with van der Waals surface area (Å²) in [6, 6.07) is -0.233. The summed E-state index contributed by atoms with van der Waals surface area (Å²) in [5, 5.41) is 2.53. The smallest absolute Gasteiger partial charge is 0.324 e. The third-order valence-electron chi connectivity index (χ3n) is 2.70. The number of urea groups is 1. The summed E-state index contributed by atoms with van der Waals surface area (Å²) in [6.45, 7) is 2.73. The SMILES string of the molecule is CC1CC(N2C(=O)CNC2=O)CCO1. The number of ether oxygens (including phenoxy) is 1. The standard InChI is InChI=1S/C9H14N2O3/c1-6-4-7(2-3-14-6)11-8(12)5-10-9(11)13/h6-7H,2-5H2,1H3,(H,10,13). The van der Waals surface area contributed by atoms with Gasteiger partial charge in [0, 0.05) is 12.6 Å². The molecule has 3 amide bonds. The number of hydrogen-bond acceptors (Lipinski definition) is 3. The van der Waals surface area contributed by atoms with Crippen LogP contribution >= 0.6 is 0 Å². The third-order valence-corrected chi connectivity index (χ3v) is 2.70. The van der Waals surface area contributed by atoms with E-state index in [1.165, 1.54) is 4.90 Å². The maximum absolute atomic E-state index is 11.4. The molecule has 0 saturated carbocycles. The van der Waals surface area contributed by atoms with Crippen molar-refractivity contribution in [3.8, 4) is 0 Å². The predicted molar refractivity (Wildman–Crippen MR) is 48.7 cm³/mol. The Kier molecular flexibility index (Phi) is 2.41. The van der Waals surface area contributed by atoms with Crippen LogP contribution in [0.15, 0.2) is 0 Å². The summed E-state index contributed by atoms with van der Waals surface area (Å²) in [5.74, 6) is -0.117. The Balaban J connectivity index is 2.05. The largest absolute Gasteiger partial charge is 0.378 e. The van der Waals surface area contributed by atoms with Gasteiger partial charge in [0.15, 0.2) is 0 Å². The summed E-state index contributed by atoms with van der Waals surface area (Å²) in [7, 11) is 0. The lowest BCUT2D eigenvalue weighted by Gasteiger charge is -2.32. The molecule has 0 spiro atoms. The van der Waals surface area contributed by atoms with Crippen LogP contribution in [0.1, 0.15) is 19.8 Å². The normalized spacial score (nSPS) is 33.4. The molecule has 2 atom stereocenters. The van der Waals surface area contributed by atoms with Gasteiger partial charge < -0.3 is 10.1 Å². The molecule has 2 heterocycles. The first-order chi connectivity index (χ1) is 6.68. The molecule has 78 valence electrons. The van der Waals surface area contributed by atoms with Crippen molar-refractivity contribution in [2.75, 3.05) is 13.2 Å². The zero-order valence-electron chi connectivity index (χ0n) is 8.16. The quantitative estimate of drug-likeness (QED) is 0.608. The molecule has 0 aromatic carbocycles. The van der Waals surface area contributed by atoms with Crippen LogP contribution in [0.5, 0.6) is 0 Å². The lowest BCUT2D eigenvalue weighted by atomic mass is 10.0. The third kappa shape index (κ3) is 1.59.